The average Bonchev–Trinajstić information content (AvgIpc) is 2.77. The zero-order valence-electron chi connectivity index (χ0n) is 10.7. The molecule has 0 saturated heterocycles. The van der Waals surface area contributed by atoms with E-state index in [1.165, 1.54) is 12.1 Å². The van der Waals surface area contributed by atoms with E-state index in [-0.39, 0.29) is 0 Å². The van der Waals surface area contributed by atoms with Crippen molar-refractivity contribution in [2.45, 2.75) is 25.7 Å². The summed E-state index contributed by atoms with van der Waals surface area (Å²) in [6.45, 7) is 0. The summed E-state index contributed by atoms with van der Waals surface area (Å²) >= 11 is 0. The Balaban J connectivity index is 2.14. The van der Waals surface area contributed by atoms with Crippen molar-refractivity contribution in [3.8, 4) is 5.69 Å². The molecule has 0 atom stereocenters. The molecule has 0 bridgehead atoms. The molecule has 0 radical (unpaired) electrons. The van der Waals surface area contributed by atoms with Crippen molar-refractivity contribution in [2.75, 3.05) is 5.73 Å². The number of nitrogens with zero attached hydrogens (tertiary/aromatic N) is 3. The molecule has 7 heteroatoms. The number of hydrogen-bond donors (Lipinski definition) is 1. The second kappa shape index (κ2) is 4.59. The highest BCUT2D eigenvalue weighted by atomic mass is 19.1. The van der Waals surface area contributed by atoms with Gasteiger partial charge < -0.3 is 5.73 Å². The van der Waals surface area contributed by atoms with Crippen LogP contribution in [-0.2, 0) is 12.8 Å². The van der Waals surface area contributed by atoms with Crippen LogP contribution in [0.15, 0.2) is 18.2 Å². The highest BCUT2D eigenvalue weighted by Gasteiger charge is 2.22. The van der Waals surface area contributed by atoms with Gasteiger partial charge in [-0.3, -0.25) is 10.1 Å². The molecule has 3 rings (SSSR count). The van der Waals surface area contributed by atoms with E-state index in [2.05, 4.69) is 5.10 Å². The zero-order valence-corrected chi connectivity index (χ0v) is 10.7. The van der Waals surface area contributed by atoms with Crippen LogP contribution in [0, 0.1) is 15.9 Å². The quantitative estimate of drug-likeness (QED) is 0.673. The summed E-state index contributed by atoms with van der Waals surface area (Å²) < 4.78 is 15.0. The number of nitro benzene ring substituents is 1. The molecule has 2 N–H and O–H groups in total. The van der Waals surface area contributed by atoms with Gasteiger partial charge in [-0.25, -0.2) is 4.68 Å². The highest BCUT2D eigenvalue weighted by Crippen LogP contribution is 2.29. The maximum atomic E-state index is 13.4. The summed E-state index contributed by atoms with van der Waals surface area (Å²) in [5.74, 6) is -0.403. The van der Waals surface area contributed by atoms with Gasteiger partial charge in [0.05, 0.1) is 10.6 Å². The topological polar surface area (TPSA) is 87.0 Å². The van der Waals surface area contributed by atoms with Crippen molar-refractivity contribution >= 4 is 11.5 Å². The lowest BCUT2D eigenvalue weighted by Gasteiger charge is -2.13. The maximum absolute atomic E-state index is 13.4. The van der Waals surface area contributed by atoms with Crippen LogP contribution in [0.2, 0.25) is 0 Å². The number of fused-ring (bicyclic) bond motifs is 1. The molecular weight excluding hydrogens is 263 g/mol. The Hall–Kier alpha value is -2.44. The fraction of sp³-hybridized carbons (Fsp3) is 0.308. The van der Waals surface area contributed by atoms with Crippen LogP contribution in [0.5, 0.6) is 0 Å². The number of halogens is 1. The highest BCUT2D eigenvalue weighted by molar-refractivity contribution is 5.51. The van der Waals surface area contributed by atoms with E-state index < -0.39 is 16.4 Å². The van der Waals surface area contributed by atoms with Crippen molar-refractivity contribution in [2.24, 2.45) is 0 Å². The minimum atomic E-state index is -0.854. The largest absolute Gasteiger partial charge is 0.382 e. The van der Waals surface area contributed by atoms with Gasteiger partial charge >= 0.3 is 5.69 Å². The van der Waals surface area contributed by atoms with Crippen LogP contribution in [0.3, 0.4) is 0 Å². The van der Waals surface area contributed by atoms with Gasteiger partial charge in [-0.1, -0.05) is 0 Å². The first-order valence-electron chi connectivity index (χ1n) is 6.38. The molecule has 1 aromatic heterocycles. The lowest BCUT2D eigenvalue weighted by molar-refractivity contribution is -0.387. The Morgan fingerprint density at radius 2 is 2.10 bits per heavy atom. The number of nitro groups is 1. The summed E-state index contributed by atoms with van der Waals surface area (Å²) in [7, 11) is 0. The predicted molar refractivity (Wildman–Crippen MR) is 71.2 cm³/mol. The molecule has 1 aliphatic rings. The number of hydrogen-bond acceptors (Lipinski definition) is 4. The minimum absolute atomic E-state index is 0.451. The molecule has 2 aromatic rings. The van der Waals surface area contributed by atoms with Crippen LogP contribution in [0.1, 0.15) is 24.1 Å². The summed E-state index contributed by atoms with van der Waals surface area (Å²) in [6.07, 6.45) is 3.78. The first-order valence-corrected chi connectivity index (χ1v) is 6.38. The summed E-state index contributed by atoms with van der Waals surface area (Å²) in [5, 5.41) is 15.1. The Kier molecular flexibility index (Phi) is 2.89. The van der Waals surface area contributed by atoms with Crippen molar-refractivity contribution in [3.63, 3.8) is 0 Å². The molecule has 0 unspecified atom stereocenters. The van der Waals surface area contributed by atoms with Crippen LogP contribution in [0.25, 0.3) is 5.69 Å². The average molecular weight is 276 g/mol. The number of nitrogens with two attached hydrogens (primary N) is 1. The first kappa shape index (κ1) is 12.6. The molecule has 0 aliphatic heterocycles. The number of rotatable bonds is 2. The first-order chi connectivity index (χ1) is 9.58. The maximum Gasteiger partial charge on any atom is 0.306 e. The van der Waals surface area contributed by atoms with Crippen molar-refractivity contribution in [1.29, 1.82) is 0 Å². The van der Waals surface area contributed by atoms with Crippen LogP contribution in [0.4, 0.5) is 15.9 Å². The van der Waals surface area contributed by atoms with Gasteiger partial charge in [-0.05, 0) is 37.8 Å². The number of benzene rings is 1. The van der Waals surface area contributed by atoms with Crippen molar-refractivity contribution < 1.29 is 9.31 Å². The third-order valence-electron chi connectivity index (χ3n) is 3.58. The predicted octanol–water partition coefficient (Wildman–Crippen LogP) is 2.38. The molecule has 104 valence electrons. The monoisotopic (exact) mass is 276 g/mol. The van der Waals surface area contributed by atoms with E-state index >= 15 is 0 Å². The van der Waals surface area contributed by atoms with Gasteiger partial charge in [0.1, 0.15) is 5.82 Å². The third kappa shape index (κ3) is 1.91. The summed E-state index contributed by atoms with van der Waals surface area (Å²) in [6, 6.07) is 3.75. The number of nitrogen functional groups attached to an aromatic ring is 1. The molecule has 1 heterocycles. The Labute approximate surface area is 114 Å². The lowest BCUT2D eigenvalue weighted by Crippen LogP contribution is -2.08. The van der Waals surface area contributed by atoms with E-state index in [0.717, 1.165) is 43.0 Å². The van der Waals surface area contributed by atoms with E-state index in [9.17, 15) is 14.5 Å². The van der Waals surface area contributed by atoms with E-state index in [1.54, 1.807) is 4.68 Å². The Morgan fingerprint density at radius 1 is 1.35 bits per heavy atom. The van der Waals surface area contributed by atoms with Gasteiger partial charge in [-0.2, -0.15) is 9.49 Å². The Bertz CT molecular complexity index is 696. The Morgan fingerprint density at radius 3 is 2.85 bits per heavy atom. The van der Waals surface area contributed by atoms with Gasteiger partial charge in [-0.15, -0.1) is 0 Å². The van der Waals surface area contributed by atoms with Gasteiger partial charge in [0.25, 0.3) is 0 Å². The van der Waals surface area contributed by atoms with Crippen LogP contribution in [-0.4, -0.2) is 14.7 Å². The van der Waals surface area contributed by atoms with Gasteiger partial charge in [0, 0.05) is 17.3 Å². The summed E-state index contributed by atoms with van der Waals surface area (Å²) in [5.41, 5.74) is 7.77. The van der Waals surface area contributed by atoms with Crippen LogP contribution >= 0.6 is 0 Å². The molecule has 0 spiro atoms. The second-order valence-corrected chi connectivity index (χ2v) is 4.82. The standard InChI is InChI=1S/C13H13FN4O2/c14-10-6-5-8(7-12(10)18(19)20)17-11-4-2-1-3-9(11)13(15)16-17/h5-7H,1-4H2,(H2,15,16). The molecule has 20 heavy (non-hydrogen) atoms. The third-order valence-corrected chi connectivity index (χ3v) is 3.58. The van der Waals surface area contributed by atoms with E-state index in [4.69, 9.17) is 5.73 Å². The van der Waals surface area contributed by atoms with E-state index in [1.807, 2.05) is 0 Å². The van der Waals surface area contributed by atoms with E-state index in [0.29, 0.717) is 11.5 Å². The number of aromatic nitrogens is 2. The minimum Gasteiger partial charge on any atom is -0.382 e. The second-order valence-electron chi connectivity index (χ2n) is 4.82. The molecule has 0 amide bonds. The zero-order chi connectivity index (χ0) is 14.3. The SMILES string of the molecule is Nc1nn(-c2ccc(F)c([N+](=O)[O-])c2)c2c1CCCC2. The molecule has 1 aromatic carbocycles. The molecule has 0 saturated carbocycles. The molecule has 1 aliphatic carbocycles. The molecule has 0 fully saturated rings. The van der Waals surface area contributed by atoms with Gasteiger partial charge in [0.2, 0.25) is 5.82 Å². The normalized spacial score (nSPS) is 14.1. The fourth-order valence-electron chi connectivity index (χ4n) is 2.61. The molecule has 6 nitrogen and oxygen atoms in total. The van der Waals surface area contributed by atoms with Crippen molar-refractivity contribution in [3.05, 3.63) is 45.4 Å². The number of anilines is 1. The molecular formula is C13H13FN4O2. The lowest BCUT2D eigenvalue weighted by atomic mass is 9.97. The van der Waals surface area contributed by atoms with Crippen molar-refractivity contribution in [1.82, 2.24) is 9.78 Å². The van der Waals surface area contributed by atoms with Crippen LogP contribution < -0.4 is 5.73 Å². The smallest absolute Gasteiger partial charge is 0.306 e. The van der Waals surface area contributed by atoms with Gasteiger partial charge in [0.15, 0.2) is 0 Å². The fourth-order valence-corrected chi connectivity index (χ4v) is 2.61. The summed E-state index contributed by atoms with van der Waals surface area (Å²) in [4.78, 5) is 10.1.